The molecule has 0 aromatic carbocycles. The van der Waals surface area contributed by atoms with Crippen molar-refractivity contribution < 1.29 is 0 Å². The number of nitrogens with zero attached hydrogens (tertiary/aromatic N) is 3. The Morgan fingerprint density at radius 2 is 1.86 bits per heavy atom. The van der Waals surface area contributed by atoms with Crippen LogP contribution in [0.15, 0.2) is 12.3 Å². The summed E-state index contributed by atoms with van der Waals surface area (Å²) in [5.41, 5.74) is 2.21. The molecule has 2 N–H and O–H groups in total. The summed E-state index contributed by atoms with van der Waals surface area (Å²) in [7, 11) is 1.92. The molecule has 21 heavy (non-hydrogen) atoms. The molecule has 0 atom stereocenters. The first-order valence-corrected chi connectivity index (χ1v) is 7.59. The SMILES string of the molecule is CCCNc1nc(NCc2cnn(C)c2C)c(Cl)cc1Cl. The summed E-state index contributed by atoms with van der Waals surface area (Å²) < 4.78 is 1.84. The summed E-state index contributed by atoms with van der Waals surface area (Å²) in [4.78, 5) is 4.45. The fourth-order valence-electron chi connectivity index (χ4n) is 1.85. The Labute approximate surface area is 134 Å². The van der Waals surface area contributed by atoms with Crippen molar-refractivity contribution in [3.05, 3.63) is 33.6 Å². The number of hydrogen-bond acceptors (Lipinski definition) is 4. The van der Waals surface area contributed by atoms with Crippen LogP contribution in [-0.2, 0) is 13.6 Å². The molecule has 0 saturated carbocycles. The maximum Gasteiger partial charge on any atom is 0.147 e. The highest BCUT2D eigenvalue weighted by Gasteiger charge is 2.10. The molecular weight excluding hydrogens is 309 g/mol. The van der Waals surface area contributed by atoms with Gasteiger partial charge in [-0.05, 0) is 19.4 Å². The monoisotopic (exact) mass is 327 g/mol. The molecule has 114 valence electrons. The number of anilines is 2. The van der Waals surface area contributed by atoms with Crippen molar-refractivity contribution in [2.75, 3.05) is 17.2 Å². The molecule has 0 bridgehead atoms. The lowest BCUT2D eigenvalue weighted by molar-refractivity contribution is 0.738. The number of aryl methyl sites for hydroxylation is 1. The smallest absolute Gasteiger partial charge is 0.147 e. The Morgan fingerprint density at radius 1 is 1.19 bits per heavy atom. The third-order valence-electron chi connectivity index (χ3n) is 3.26. The van der Waals surface area contributed by atoms with Gasteiger partial charge in [0.1, 0.15) is 11.6 Å². The van der Waals surface area contributed by atoms with Crippen molar-refractivity contribution in [3.8, 4) is 0 Å². The number of pyridine rings is 1. The van der Waals surface area contributed by atoms with Crippen molar-refractivity contribution in [1.82, 2.24) is 14.8 Å². The maximum atomic E-state index is 6.19. The van der Waals surface area contributed by atoms with Crippen LogP contribution in [-0.4, -0.2) is 21.3 Å². The summed E-state index contributed by atoms with van der Waals surface area (Å²) in [6.45, 7) is 5.53. The number of halogens is 2. The largest absolute Gasteiger partial charge is 0.369 e. The van der Waals surface area contributed by atoms with E-state index in [1.165, 1.54) is 0 Å². The zero-order chi connectivity index (χ0) is 15.4. The third-order valence-corrected chi connectivity index (χ3v) is 3.83. The van der Waals surface area contributed by atoms with Gasteiger partial charge in [-0.2, -0.15) is 5.10 Å². The van der Waals surface area contributed by atoms with Crippen molar-refractivity contribution in [2.24, 2.45) is 7.05 Å². The van der Waals surface area contributed by atoms with Crippen LogP contribution >= 0.6 is 23.2 Å². The summed E-state index contributed by atoms with van der Waals surface area (Å²) in [6.07, 6.45) is 2.83. The molecule has 2 aromatic rings. The van der Waals surface area contributed by atoms with E-state index in [2.05, 4.69) is 27.6 Å². The highest BCUT2D eigenvalue weighted by atomic mass is 35.5. The predicted octanol–water partition coefficient (Wildman–Crippen LogP) is 3.86. The molecule has 2 heterocycles. The molecule has 0 unspecified atom stereocenters. The first-order valence-electron chi connectivity index (χ1n) is 6.84. The number of rotatable bonds is 6. The summed E-state index contributed by atoms with van der Waals surface area (Å²) >= 11 is 12.3. The molecule has 0 spiro atoms. The van der Waals surface area contributed by atoms with Crippen molar-refractivity contribution in [1.29, 1.82) is 0 Å². The molecule has 2 rings (SSSR count). The van der Waals surface area contributed by atoms with E-state index < -0.39 is 0 Å². The van der Waals surface area contributed by atoms with Crippen LogP contribution in [0.4, 0.5) is 11.6 Å². The molecule has 2 aromatic heterocycles. The second-order valence-electron chi connectivity index (χ2n) is 4.81. The van der Waals surface area contributed by atoms with E-state index in [0.717, 1.165) is 24.2 Å². The van der Waals surface area contributed by atoms with Crippen molar-refractivity contribution in [3.63, 3.8) is 0 Å². The molecule has 0 radical (unpaired) electrons. The van der Waals surface area contributed by atoms with E-state index in [4.69, 9.17) is 23.2 Å². The first kappa shape index (κ1) is 15.9. The van der Waals surface area contributed by atoms with Gasteiger partial charge in [0.05, 0.1) is 16.2 Å². The highest BCUT2D eigenvalue weighted by Crippen LogP contribution is 2.29. The summed E-state index contributed by atoms with van der Waals surface area (Å²) in [5, 5.41) is 11.7. The van der Waals surface area contributed by atoms with Gasteiger partial charge in [-0.3, -0.25) is 4.68 Å². The fourth-order valence-corrected chi connectivity index (χ4v) is 2.35. The molecule has 0 saturated heterocycles. The van der Waals surface area contributed by atoms with Crippen LogP contribution in [0.3, 0.4) is 0 Å². The van der Waals surface area contributed by atoms with Crippen LogP contribution in [0.2, 0.25) is 10.0 Å². The first-order chi connectivity index (χ1) is 10.0. The van der Waals surface area contributed by atoms with E-state index in [1.807, 2.05) is 24.9 Å². The minimum Gasteiger partial charge on any atom is -0.369 e. The van der Waals surface area contributed by atoms with Crippen molar-refractivity contribution in [2.45, 2.75) is 26.8 Å². The minimum absolute atomic E-state index is 0.503. The zero-order valence-electron chi connectivity index (χ0n) is 12.4. The van der Waals surface area contributed by atoms with Gasteiger partial charge in [0, 0.05) is 31.4 Å². The topological polar surface area (TPSA) is 54.8 Å². The van der Waals surface area contributed by atoms with Gasteiger partial charge in [-0.15, -0.1) is 0 Å². The van der Waals surface area contributed by atoms with Gasteiger partial charge < -0.3 is 10.6 Å². The van der Waals surface area contributed by atoms with Gasteiger partial charge in [0.25, 0.3) is 0 Å². The molecular formula is C14H19Cl2N5. The molecule has 7 heteroatoms. The molecule has 0 fully saturated rings. The van der Waals surface area contributed by atoms with E-state index in [0.29, 0.717) is 28.2 Å². The number of hydrogen-bond donors (Lipinski definition) is 2. The second-order valence-corrected chi connectivity index (χ2v) is 5.62. The Bertz CT molecular complexity index is 624. The minimum atomic E-state index is 0.503. The number of nitrogens with one attached hydrogen (secondary N) is 2. The normalized spacial score (nSPS) is 10.7. The molecule has 0 amide bonds. The highest BCUT2D eigenvalue weighted by molar-refractivity contribution is 6.37. The van der Waals surface area contributed by atoms with Gasteiger partial charge in [0.15, 0.2) is 0 Å². The lowest BCUT2D eigenvalue weighted by Gasteiger charge is -2.12. The maximum absolute atomic E-state index is 6.19. The van der Waals surface area contributed by atoms with Gasteiger partial charge in [0.2, 0.25) is 0 Å². The molecule has 0 aliphatic rings. The number of aromatic nitrogens is 3. The molecule has 0 aliphatic carbocycles. The Kier molecular flexibility index (Phi) is 5.31. The van der Waals surface area contributed by atoms with E-state index in [9.17, 15) is 0 Å². The van der Waals surface area contributed by atoms with E-state index in [-0.39, 0.29) is 0 Å². The lowest BCUT2D eigenvalue weighted by atomic mass is 10.2. The van der Waals surface area contributed by atoms with E-state index in [1.54, 1.807) is 6.07 Å². The van der Waals surface area contributed by atoms with Crippen LogP contribution < -0.4 is 10.6 Å². The summed E-state index contributed by atoms with van der Waals surface area (Å²) in [5.74, 6) is 1.26. The molecule has 0 aliphatic heterocycles. The van der Waals surface area contributed by atoms with Gasteiger partial charge >= 0.3 is 0 Å². The van der Waals surface area contributed by atoms with E-state index >= 15 is 0 Å². The second kappa shape index (κ2) is 7.00. The Balaban J connectivity index is 2.13. The lowest BCUT2D eigenvalue weighted by Crippen LogP contribution is -2.07. The Hall–Kier alpha value is -1.46. The fraction of sp³-hybridized carbons (Fsp3) is 0.429. The predicted molar refractivity (Wildman–Crippen MR) is 88.3 cm³/mol. The quantitative estimate of drug-likeness (QED) is 0.845. The average Bonchev–Trinajstić information content (AvgIpc) is 2.77. The van der Waals surface area contributed by atoms with Crippen molar-refractivity contribution >= 4 is 34.8 Å². The van der Waals surface area contributed by atoms with Crippen LogP contribution in [0, 0.1) is 6.92 Å². The molecule has 5 nitrogen and oxygen atoms in total. The zero-order valence-corrected chi connectivity index (χ0v) is 13.9. The van der Waals surface area contributed by atoms with Crippen LogP contribution in [0.1, 0.15) is 24.6 Å². The Morgan fingerprint density at radius 3 is 2.43 bits per heavy atom. The van der Waals surface area contributed by atoms with Gasteiger partial charge in [-0.1, -0.05) is 30.1 Å². The van der Waals surface area contributed by atoms with Gasteiger partial charge in [-0.25, -0.2) is 4.98 Å². The average molecular weight is 328 g/mol. The summed E-state index contributed by atoms with van der Waals surface area (Å²) in [6, 6.07) is 1.70. The van der Waals surface area contributed by atoms with Crippen LogP contribution in [0.25, 0.3) is 0 Å². The standard InChI is InChI=1S/C14H19Cl2N5/c1-4-5-17-13-11(15)6-12(16)14(20-13)18-7-10-8-19-21(3)9(10)2/h6,8H,4-5,7H2,1-3H3,(H2,17,18,20). The van der Waals surface area contributed by atoms with Crippen LogP contribution in [0.5, 0.6) is 0 Å². The third kappa shape index (κ3) is 3.80.